The smallest absolute Gasteiger partial charge is 0.407 e. The van der Waals surface area contributed by atoms with Crippen molar-refractivity contribution >= 4 is 34.5 Å². The van der Waals surface area contributed by atoms with Crippen molar-refractivity contribution in [3.05, 3.63) is 47.2 Å². The normalized spacial score (nSPS) is 39.4. The standard InChI is InChI=1S/C33H42N2O7S/c1-29(2)27-23(37)16-24-32(41-27,42-29)12-11-30(3)31(4)18(14-21-20-8-6-7-9-22(20)35-26(21)31)15-25(33(24,30)39)40-28(38)34-19(17-36)10-13-43-5/h6-9,16,18-19,25,27,35-36,39H,10-15,17H2,1-5H3,(H,34,38)/t18-,19-,25+,27+,30-,31-,32?,33+/m1/s1. The molecule has 232 valence electrons. The molecule has 1 unspecified atom stereocenters. The first-order valence-corrected chi connectivity index (χ1v) is 16.8. The molecule has 2 aromatic rings. The van der Waals surface area contributed by atoms with Gasteiger partial charge in [0, 0.05) is 39.4 Å². The van der Waals surface area contributed by atoms with Gasteiger partial charge in [-0.2, -0.15) is 11.8 Å². The van der Waals surface area contributed by atoms with E-state index in [9.17, 15) is 19.8 Å². The zero-order valence-electron chi connectivity index (χ0n) is 25.5. The highest BCUT2D eigenvalue weighted by molar-refractivity contribution is 7.98. The molecule has 4 N–H and O–H groups in total. The van der Waals surface area contributed by atoms with Gasteiger partial charge in [-0.1, -0.05) is 32.0 Å². The molecule has 3 aliphatic carbocycles. The number of H-pyrrole nitrogens is 1. The largest absolute Gasteiger partial charge is 0.443 e. The first-order chi connectivity index (χ1) is 20.3. The van der Waals surface area contributed by atoms with Crippen molar-refractivity contribution in [1.82, 2.24) is 10.3 Å². The van der Waals surface area contributed by atoms with E-state index in [1.165, 1.54) is 17.0 Å². The molecule has 3 fully saturated rings. The monoisotopic (exact) mass is 610 g/mol. The fraction of sp³-hybridized carbons (Fsp3) is 0.636. The highest BCUT2D eigenvalue weighted by Gasteiger charge is 2.78. The van der Waals surface area contributed by atoms with E-state index in [1.807, 2.05) is 32.2 Å². The Balaban J connectivity index is 1.35. The number of hydrogen-bond donors (Lipinski definition) is 4. The van der Waals surface area contributed by atoms with Gasteiger partial charge in [0.15, 0.2) is 17.7 Å². The number of carbonyl (C=O) groups is 2. The first kappa shape index (κ1) is 29.3. The number of nitrogens with one attached hydrogen (secondary N) is 2. The maximum absolute atomic E-state index is 13.5. The third-order valence-corrected chi connectivity index (χ3v) is 12.3. The number of aliphatic hydroxyl groups is 2. The van der Waals surface area contributed by atoms with Crippen molar-refractivity contribution in [2.75, 3.05) is 18.6 Å². The second kappa shape index (κ2) is 9.57. The molecule has 9 nitrogen and oxygen atoms in total. The van der Waals surface area contributed by atoms with E-state index in [4.69, 9.17) is 14.2 Å². The molecule has 7 rings (SSSR count). The molecule has 0 radical (unpaired) electrons. The summed E-state index contributed by atoms with van der Waals surface area (Å²) in [5, 5.41) is 27.2. The van der Waals surface area contributed by atoms with Gasteiger partial charge in [0.05, 0.1) is 12.6 Å². The van der Waals surface area contributed by atoms with Gasteiger partial charge >= 0.3 is 6.09 Å². The number of para-hydroxylation sites is 1. The van der Waals surface area contributed by atoms with Crippen molar-refractivity contribution in [3.63, 3.8) is 0 Å². The van der Waals surface area contributed by atoms with Gasteiger partial charge in [-0.3, -0.25) is 4.79 Å². The second-order valence-electron chi connectivity index (χ2n) is 14.1. The molecular formula is C33H42N2O7S. The van der Waals surface area contributed by atoms with Gasteiger partial charge in [0.1, 0.15) is 17.3 Å². The van der Waals surface area contributed by atoms with Crippen LogP contribution < -0.4 is 5.32 Å². The lowest BCUT2D eigenvalue weighted by Gasteiger charge is -2.67. The van der Waals surface area contributed by atoms with E-state index < -0.39 is 52.2 Å². The first-order valence-electron chi connectivity index (χ1n) is 15.4. The van der Waals surface area contributed by atoms with Crippen molar-refractivity contribution in [2.24, 2.45) is 11.3 Å². The molecule has 8 atom stereocenters. The van der Waals surface area contributed by atoms with Crippen molar-refractivity contribution in [1.29, 1.82) is 0 Å². The number of fused-ring (bicyclic) bond motifs is 9. The maximum Gasteiger partial charge on any atom is 0.407 e. The SMILES string of the molecule is CSCC[C@H](CO)NC(=O)O[C@H]1C[C@H]2Cc3c([nH]c4ccccc34)[C@]2(C)[C@@]2(C)CCC34O[C@@H](C(=O)C=C3[C@]12O)C(C)(C)O4. The third-order valence-electron chi connectivity index (χ3n) is 11.7. The van der Waals surface area contributed by atoms with Crippen LogP contribution in [0.4, 0.5) is 4.79 Å². The van der Waals surface area contributed by atoms with Gasteiger partial charge in [-0.05, 0) is 75.2 Å². The summed E-state index contributed by atoms with van der Waals surface area (Å²) in [6, 6.07) is 7.80. The molecule has 1 amide bonds. The topological polar surface area (TPSA) is 130 Å². The van der Waals surface area contributed by atoms with E-state index >= 15 is 0 Å². The van der Waals surface area contributed by atoms with Gasteiger partial charge in [-0.15, -0.1) is 0 Å². The molecule has 1 spiro atoms. The van der Waals surface area contributed by atoms with Crippen LogP contribution in [-0.4, -0.2) is 80.9 Å². The van der Waals surface area contributed by atoms with E-state index in [0.29, 0.717) is 31.3 Å². The Hall–Kier alpha value is -2.37. The summed E-state index contributed by atoms with van der Waals surface area (Å²) in [7, 11) is 0. The number of carbonyl (C=O) groups excluding carboxylic acids is 2. The fourth-order valence-corrected chi connectivity index (χ4v) is 9.85. The Labute approximate surface area is 256 Å². The number of ether oxygens (including phenoxy) is 3. The Morgan fingerprint density at radius 1 is 1.23 bits per heavy atom. The molecule has 3 heterocycles. The minimum absolute atomic E-state index is 0.0649. The third kappa shape index (κ3) is 3.73. The minimum Gasteiger partial charge on any atom is -0.443 e. The number of aromatic amines is 1. The number of thioether (sulfide) groups is 1. The Kier molecular flexibility index (Phi) is 6.53. The number of aromatic nitrogens is 1. The number of rotatable bonds is 6. The van der Waals surface area contributed by atoms with Crippen molar-refractivity contribution in [3.8, 4) is 0 Å². The fourth-order valence-electron chi connectivity index (χ4n) is 9.33. The van der Waals surface area contributed by atoms with E-state index in [-0.39, 0.29) is 18.3 Å². The highest BCUT2D eigenvalue weighted by Crippen LogP contribution is 2.72. The lowest BCUT2D eigenvalue weighted by atomic mass is 9.41. The van der Waals surface area contributed by atoms with E-state index in [2.05, 4.69) is 36.3 Å². The quantitative estimate of drug-likeness (QED) is 0.384. The van der Waals surface area contributed by atoms with Crippen LogP contribution in [-0.2, 0) is 30.8 Å². The summed E-state index contributed by atoms with van der Waals surface area (Å²) >= 11 is 1.63. The summed E-state index contributed by atoms with van der Waals surface area (Å²) < 4.78 is 19.2. The van der Waals surface area contributed by atoms with Crippen LogP contribution in [0.1, 0.15) is 64.6 Å². The van der Waals surface area contributed by atoms with Gasteiger partial charge < -0.3 is 34.7 Å². The summed E-state index contributed by atoms with van der Waals surface area (Å²) in [5.41, 5.74) is -0.303. The summed E-state index contributed by atoms with van der Waals surface area (Å²) in [6.45, 7) is 7.77. The summed E-state index contributed by atoms with van der Waals surface area (Å²) in [6.07, 6.45) is 3.78. The summed E-state index contributed by atoms with van der Waals surface area (Å²) in [4.78, 5) is 30.7. The van der Waals surface area contributed by atoms with Gasteiger partial charge in [0.2, 0.25) is 0 Å². The number of aliphatic hydroxyl groups excluding tert-OH is 1. The number of amides is 1. The average molecular weight is 611 g/mol. The number of hydrogen-bond acceptors (Lipinski definition) is 8. The van der Waals surface area contributed by atoms with Crippen molar-refractivity contribution in [2.45, 2.75) is 100 Å². The number of benzene rings is 1. The lowest BCUT2D eigenvalue weighted by molar-refractivity contribution is -0.273. The molecule has 43 heavy (non-hydrogen) atoms. The predicted molar refractivity (Wildman–Crippen MR) is 163 cm³/mol. The molecule has 5 aliphatic rings. The van der Waals surface area contributed by atoms with Crippen LogP contribution in [0.5, 0.6) is 0 Å². The van der Waals surface area contributed by atoms with Gasteiger partial charge in [0.25, 0.3) is 0 Å². The Bertz CT molecular complexity index is 1540. The Morgan fingerprint density at radius 3 is 2.74 bits per heavy atom. The highest BCUT2D eigenvalue weighted by atomic mass is 32.2. The summed E-state index contributed by atoms with van der Waals surface area (Å²) in [5.74, 6) is -0.705. The van der Waals surface area contributed by atoms with Crippen LogP contribution >= 0.6 is 11.8 Å². The molecular weight excluding hydrogens is 568 g/mol. The van der Waals surface area contributed by atoms with Gasteiger partial charge in [-0.25, -0.2) is 4.79 Å². The van der Waals surface area contributed by atoms with Crippen LogP contribution in [0.3, 0.4) is 0 Å². The lowest BCUT2D eigenvalue weighted by Crippen LogP contribution is -2.75. The molecule has 1 aromatic carbocycles. The number of alkyl carbamates (subject to hydrolysis) is 1. The minimum atomic E-state index is -1.78. The molecule has 10 heteroatoms. The maximum atomic E-state index is 13.5. The van der Waals surface area contributed by atoms with Crippen LogP contribution in [0, 0.1) is 11.3 Å². The zero-order chi connectivity index (χ0) is 30.6. The molecule has 2 aliphatic heterocycles. The van der Waals surface area contributed by atoms with Crippen LogP contribution in [0.25, 0.3) is 10.9 Å². The van der Waals surface area contributed by atoms with Crippen molar-refractivity contribution < 1.29 is 34.0 Å². The predicted octanol–water partition coefficient (Wildman–Crippen LogP) is 4.14. The van der Waals surface area contributed by atoms with Crippen LogP contribution in [0.2, 0.25) is 0 Å². The average Bonchev–Trinajstić information content (AvgIpc) is 3.55. The molecule has 2 bridgehead atoms. The van der Waals surface area contributed by atoms with Crippen LogP contribution in [0.15, 0.2) is 35.9 Å². The Morgan fingerprint density at radius 2 is 2.00 bits per heavy atom. The molecule has 2 saturated carbocycles. The molecule has 1 saturated heterocycles. The van der Waals surface area contributed by atoms with E-state index in [0.717, 1.165) is 23.4 Å². The number of ketones is 1. The second-order valence-corrected chi connectivity index (χ2v) is 15.1. The molecule has 1 aromatic heterocycles. The zero-order valence-corrected chi connectivity index (χ0v) is 26.3. The van der Waals surface area contributed by atoms with E-state index in [1.54, 1.807) is 11.8 Å².